The van der Waals surface area contributed by atoms with Gasteiger partial charge in [0.25, 0.3) is 11.7 Å². The maximum atomic E-state index is 13.0. The molecule has 0 aromatic carbocycles. The summed E-state index contributed by atoms with van der Waals surface area (Å²) in [5.41, 5.74) is 0.698. The van der Waals surface area contributed by atoms with Crippen LogP contribution in [0.1, 0.15) is 19.6 Å². The monoisotopic (exact) mass is 374 g/mol. The number of amides is 4. The molecule has 142 valence electrons. The minimum Gasteiger partial charge on any atom is -0.496 e. The van der Waals surface area contributed by atoms with Gasteiger partial charge in [-0.15, -0.1) is 4.99 Å². The average molecular weight is 374 g/mol. The molecule has 4 amide bonds. The fraction of sp³-hybridized carbons (Fsp3) is 0.412. The van der Waals surface area contributed by atoms with Gasteiger partial charge in [0.1, 0.15) is 17.7 Å². The normalized spacial score (nSPS) is 19.6. The highest BCUT2D eigenvalue weighted by atomic mass is 16.5. The molecule has 3 heterocycles. The number of fused-ring (bicyclic) bond motifs is 1. The first-order chi connectivity index (χ1) is 12.8. The van der Waals surface area contributed by atoms with Crippen LogP contribution in [0.15, 0.2) is 26.9 Å². The number of nitrogens with zero attached hydrogens (tertiary/aromatic N) is 4. The number of nitrogens with one attached hydrogen (secondary N) is 1. The largest absolute Gasteiger partial charge is 0.496 e. The third-order valence-electron chi connectivity index (χ3n) is 4.17. The Hall–Kier alpha value is -3.30. The highest BCUT2D eigenvalue weighted by Crippen LogP contribution is 2.27. The van der Waals surface area contributed by atoms with Gasteiger partial charge in [-0.05, 0) is 20.8 Å². The van der Waals surface area contributed by atoms with Crippen molar-refractivity contribution in [2.24, 2.45) is 10.9 Å². The molecule has 0 radical (unpaired) electrons. The van der Waals surface area contributed by atoms with Crippen molar-refractivity contribution in [2.45, 2.75) is 20.8 Å². The van der Waals surface area contributed by atoms with Gasteiger partial charge in [-0.1, -0.05) is 5.16 Å². The summed E-state index contributed by atoms with van der Waals surface area (Å²) in [4.78, 5) is 43.0. The molecule has 1 aromatic rings. The lowest BCUT2D eigenvalue weighted by molar-refractivity contribution is -0.408. The number of aryl methyl sites for hydroxylation is 1. The molecular weight excluding hydrogens is 354 g/mol. The number of amidine groups is 1. The van der Waals surface area contributed by atoms with Crippen molar-refractivity contribution < 1.29 is 28.2 Å². The zero-order chi connectivity index (χ0) is 19.7. The van der Waals surface area contributed by atoms with Gasteiger partial charge in [0.05, 0.1) is 13.7 Å². The molecule has 0 spiro atoms. The predicted molar refractivity (Wildman–Crippen MR) is 94.5 cm³/mol. The summed E-state index contributed by atoms with van der Waals surface area (Å²) in [6, 6.07) is 0.899. The second kappa shape index (κ2) is 7.14. The molecule has 10 heteroatoms. The fourth-order valence-electron chi connectivity index (χ4n) is 2.93. The van der Waals surface area contributed by atoms with Crippen molar-refractivity contribution >= 4 is 35.7 Å². The highest BCUT2D eigenvalue weighted by Gasteiger charge is 2.50. The Labute approximate surface area is 155 Å². The zero-order valence-electron chi connectivity index (χ0n) is 15.5. The van der Waals surface area contributed by atoms with Crippen LogP contribution in [0.3, 0.4) is 0 Å². The van der Waals surface area contributed by atoms with E-state index in [-0.39, 0.29) is 11.7 Å². The minimum atomic E-state index is -0.861. The third kappa shape index (κ3) is 3.37. The number of imide groups is 1. The Balaban J connectivity index is 1.86. The van der Waals surface area contributed by atoms with E-state index >= 15 is 0 Å². The molecule has 0 saturated carbocycles. The Morgan fingerprint density at radius 1 is 1.41 bits per heavy atom. The Morgan fingerprint density at radius 2 is 2.15 bits per heavy atom. The summed E-state index contributed by atoms with van der Waals surface area (Å²) in [7, 11) is 1.50. The maximum Gasteiger partial charge on any atom is 0.446 e. The number of dihydropyridines is 1. The SMILES string of the molecule is CCOC1=C(C)C=NC2=[N+](C)C(=O)N(CC(=O)Nc3cc(C)on3)C(=O)C12. The molecule has 0 fully saturated rings. The van der Waals surface area contributed by atoms with Gasteiger partial charge < -0.3 is 14.6 Å². The lowest BCUT2D eigenvalue weighted by atomic mass is 9.96. The van der Waals surface area contributed by atoms with E-state index in [0.717, 1.165) is 4.90 Å². The number of hydrogen-bond donors (Lipinski definition) is 1. The van der Waals surface area contributed by atoms with Crippen LogP contribution in [-0.2, 0) is 14.3 Å². The molecule has 1 unspecified atom stereocenters. The minimum absolute atomic E-state index is 0.211. The fourth-order valence-corrected chi connectivity index (χ4v) is 2.93. The number of anilines is 1. The number of allylic oxidation sites excluding steroid dienone is 1. The quantitative estimate of drug-likeness (QED) is 0.767. The van der Waals surface area contributed by atoms with Gasteiger partial charge in [0.2, 0.25) is 0 Å². The number of ether oxygens (including phenoxy) is 1. The van der Waals surface area contributed by atoms with Crippen LogP contribution in [0.4, 0.5) is 10.6 Å². The third-order valence-corrected chi connectivity index (χ3v) is 4.17. The molecule has 0 bridgehead atoms. The van der Waals surface area contributed by atoms with Gasteiger partial charge in [-0.3, -0.25) is 9.59 Å². The topological polar surface area (TPSA) is 117 Å². The van der Waals surface area contributed by atoms with Gasteiger partial charge in [-0.25, -0.2) is 4.79 Å². The maximum absolute atomic E-state index is 13.0. The van der Waals surface area contributed by atoms with E-state index in [0.29, 0.717) is 23.7 Å². The van der Waals surface area contributed by atoms with E-state index in [4.69, 9.17) is 9.26 Å². The highest BCUT2D eigenvalue weighted by molar-refractivity contribution is 6.17. The van der Waals surface area contributed by atoms with Gasteiger partial charge in [-0.2, -0.15) is 9.48 Å². The Morgan fingerprint density at radius 3 is 2.78 bits per heavy atom. The molecule has 0 aliphatic carbocycles. The molecule has 10 nitrogen and oxygen atoms in total. The summed E-state index contributed by atoms with van der Waals surface area (Å²) in [5, 5.41) is 6.15. The van der Waals surface area contributed by atoms with Gasteiger partial charge in [0.15, 0.2) is 18.3 Å². The first-order valence-electron chi connectivity index (χ1n) is 8.40. The van der Waals surface area contributed by atoms with Gasteiger partial charge >= 0.3 is 11.9 Å². The summed E-state index contributed by atoms with van der Waals surface area (Å²) < 4.78 is 11.8. The van der Waals surface area contributed by atoms with Crippen molar-refractivity contribution in [1.29, 1.82) is 0 Å². The summed E-state index contributed by atoms with van der Waals surface area (Å²) in [5.74, 6) is -0.537. The summed E-state index contributed by atoms with van der Waals surface area (Å²) >= 11 is 0. The smallest absolute Gasteiger partial charge is 0.446 e. The Kier molecular flexibility index (Phi) is 4.89. The van der Waals surface area contributed by atoms with Crippen LogP contribution in [0.5, 0.6) is 0 Å². The first-order valence-corrected chi connectivity index (χ1v) is 8.40. The number of carbonyl (C=O) groups excluding carboxylic acids is 3. The van der Waals surface area contributed by atoms with Crippen molar-refractivity contribution in [3.05, 3.63) is 23.2 Å². The van der Waals surface area contributed by atoms with E-state index in [9.17, 15) is 14.4 Å². The molecule has 3 rings (SSSR count). The molecule has 0 saturated heterocycles. The second-order valence-corrected chi connectivity index (χ2v) is 6.17. The van der Waals surface area contributed by atoms with Crippen LogP contribution in [0.2, 0.25) is 0 Å². The lowest BCUT2D eigenvalue weighted by Gasteiger charge is -2.28. The number of hydrogen-bond acceptors (Lipinski definition) is 7. The second-order valence-electron chi connectivity index (χ2n) is 6.17. The van der Waals surface area contributed by atoms with Crippen molar-refractivity contribution in [2.75, 3.05) is 25.5 Å². The first kappa shape index (κ1) is 18.5. The number of aliphatic imine (C=N–C) groups is 1. The predicted octanol–water partition coefficient (Wildman–Crippen LogP) is 0.936. The lowest BCUT2D eigenvalue weighted by Crippen LogP contribution is -2.56. The van der Waals surface area contributed by atoms with E-state index in [1.165, 1.54) is 17.7 Å². The van der Waals surface area contributed by atoms with Crippen molar-refractivity contribution in [3.63, 3.8) is 0 Å². The van der Waals surface area contributed by atoms with Crippen LogP contribution in [0, 0.1) is 12.8 Å². The van der Waals surface area contributed by atoms with Crippen LogP contribution in [0.25, 0.3) is 0 Å². The zero-order valence-corrected chi connectivity index (χ0v) is 15.5. The molecule has 1 aromatic heterocycles. The Bertz CT molecular complexity index is 911. The summed E-state index contributed by atoms with van der Waals surface area (Å²) in [6.07, 6.45) is 1.56. The van der Waals surface area contributed by atoms with Crippen LogP contribution in [-0.4, -0.2) is 64.7 Å². The molecule has 2 aliphatic rings. The van der Waals surface area contributed by atoms with Crippen LogP contribution < -0.4 is 5.32 Å². The van der Waals surface area contributed by atoms with Crippen molar-refractivity contribution in [1.82, 2.24) is 10.1 Å². The standard InChI is InChI=1S/C17H19N5O5/c1-5-26-14-9(2)7-18-15-13(14)16(24)22(17(25)21(15)4)8-12(23)19-11-6-10(3)27-20-11/h6-7,13H,5,8H2,1-4H3/p+1. The number of rotatable bonds is 5. The van der Waals surface area contributed by atoms with Crippen molar-refractivity contribution in [3.8, 4) is 0 Å². The number of carbonyl (C=O) groups is 3. The molecule has 1 N–H and O–H groups in total. The van der Waals surface area contributed by atoms with E-state index in [2.05, 4.69) is 15.5 Å². The van der Waals surface area contributed by atoms with E-state index in [1.54, 1.807) is 27.0 Å². The average Bonchev–Trinajstić information content (AvgIpc) is 3.03. The molecular formula is C17H20N5O5+. The number of urea groups is 1. The van der Waals surface area contributed by atoms with Gasteiger partial charge in [0, 0.05) is 11.6 Å². The van der Waals surface area contributed by atoms with Crippen LogP contribution >= 0.6 is 0 Å². The number of aromatic nitrogens is 1. The molecule has 27 heavy (non-hydrogen) atoms. The summed E-state index contributed by atoms with van der Waals surface area (Å²) in [6.45, 7) is 5.17. The molecule has 2 aliphatic heterocycles. The van der Waals surface area contributed by atoms with E-state index < -0.39 is 30.3 Å². The van der Waals surface area contributed by atoms with E-state index in [1.807, 2.05) is 0 Å². The molecule has 1 atom stereocenters.